The fraction of sp³-hybridized carbons (Fsp3) is 0.350. The third-order valence-corrected chi connectivity index (χ3v) is 6.89. The van der Waals surface area contributed by atoms with Crippen LogP contribution in [0.4, 0.5) is 0 Å². The van der Waals surface area contributed by atoms with Gasteiger partial charge in [-0.25, -0.2) is 8.42 Å². The maximum absolute atomic E-state index is 12.9. The second kappa shape index (κ2) is 10.8. The van der Waals surface area contributed by atoms with Crippen molar-refractivity contribution in [1.82, 2.24) is 14.9 Å². The lowest BCUT2D eigenvalue weighted by Crippen LogP contribution is -2.54. The van der Waals surface area contributed by atoms with Crippen molar-refractivity contribution in [2.24, 2.45) is 16.6 Å². The molecular formula is C20H25BrN6O5S. The normalized spacial score (nSPS) is 16.5. The number of nitrogens with two attached hydrogens (primary N) is 2. The number of hydrogen-bond donors (Lipinski definition) is 4. The van der Waals surface area contributed by atoms with Gasteiger partial charge in [0.05, 0.1) is 18.0 Å². The van der Waals surface area contributed by atoms with Crippen LogP contribution in [0.5, 0.6) is 0 Å². The molecule has 1 atom stereocenters. The second-order valence-corrected chi connectivity index (χ2v) is 10.1. The zero-order valence-electron chi connectivity index (χ0n) is 17.7. The third-order valence-electron chi connectivity index (χ3n) is 4.93. The lowest BCUT2D eigenvalue weighted by molar-refractivity contribution is -0.139. The van der Waals surface area contributed by atoms with Crippen molar-refractivity contribution < 1.29 is 22.8 Å². The molecule has 13 heteroatoms. The zero-order valence-corrected chi connectivity index (χ0v) is 20.1. The lowest BCUT2D eigenvalue weighted by atomic mass is 10.1. The van der Waals surface area contributed by atoms with Gasteiger partial charge in [-0.15, -0.1) is 0 Å². The van der Waals surface area contributed by atoms with Gasteiger partial charge >= 0.3 is 0 Å². The highest BCUT2D eigenvalue weighted by atomic mass is 79.9. The Hall–Kier alpha value is -2.90. The molecule has 2 aromatic rings. The Labute approximate surface area is 199 Å². The van der Waals surface area contributed by atoms with E-state index < -0.39 is 27.9 Å². The van der Waals surface area contributed by atoms with Gasteiger partial charge in [-0.3, -0.25) is 9.59 Å². The number of amides is 2. The molecule has 0 spiro atoms. The van der Waals surface area contributed by atoms with Crippen LogP contribution in [0.1, 0.15) is 12.8 Å². The Morgan fingerprint density at radius 3 is 2.70 bits per heavy atom. The topological polar surface area (TPSA) is 169 Å². The van der Waals surface area contributed by atoms with Crippen molar-refractivity contribution in [3.05, 3.63) is 40.9 Å². The Morgan fingerprint density at radius 1 is 1.21 bits per heavy atom. The van der Waals surface area contributed by atoms with Gasteiger partial charge in [0, 0.05) is 11.0 Å². The predicted molar refractivity (Wildman–Crippen MR) is 126 cm³/mol. The van der Waals surface area contributed by atoms with Crippen LogP contribution in [-0.4, -0.2) is 63.4 Å². The fourth-order valence-electron chi connectivity index (χ4n) is 3.41. The molecule has 0 aromatic heterocycles. The average molecular weight is 541 g/mol. The summed E-state index contributed by atoms with van der Waals surface area (Å²) < 4.78 is 29.2. The van der Waals surface area contributed by atoms with Crippen molar-refractivity contribution in [3.8, 4) is 0 Å². The number of rotatable bonds is 9. The molecule has 1 aliphatic rings. The maximum Gasteiger partial charge on any atom is 0.241 e. The van der Waals surface area contributed by atoms with Crippen LogP contribution in [0, 0.1) is 0 Å². The van der Waals surface area contributed by atoms with Crippen LogP contribution >= 0.6 is 15.9 Å². The Balaban J connectivity index is 1.59. The largest absolute Gasteiger partial charge is 0.391 e. The molecule has 1 heterocycles. The standard InChI is InChI=1S/C20H25BrN6O5S/c21-15-5-3-14-11-16(6-4-13(14)10-15)33(30,31)26-17-2-1-8-27(19(17)29)12-18(28)24-7-9-32-25-20(22)23/h3-6,10-11,17,26H,1-2,7-9,12H2,(H,24,28)(H4,22,23,25)/t17-/m0/s1. The van der Waals surface area contributed by atoms with Gasteiger partial charge in [-0.05, 0) is 53.0 Å². The first-order valence-electron chi connectivity index (χ1n) is 10.1. The molecule has 2 aromatic carbocycles. The van der Waals surface area contributed by atoms with E-state index in [-0.39, 0.29) is 30.6 Å². The number of carbonyl (C=O) groups excluding carboxylic acids is 2. The summed E-state index contributed by atoms with van der Waals surface area (Å²) in [5, 5.41) is 7.56. The number of sulfonamides is 1. The second-order valence-electron chi connectivity index (χ2n) is 7.43. The molecule has 178 valence electrons. The van der Waals surface area contributed by atoms with Gasteiger partial charge in [0.15, 0.2) is 0 Å². The molecule has 1 aliphatic heterocycles. The number of benzene rings is 2. The Bertz CT molecular complexity index is 1170. The van der Waals surface area contributed by atoms with Gasteiger partial charge in [-0.2, -0.15) is 4.72 Å². The zero-order chi connectivity index (χ0) is 24.0. The number of hydrogen-bond acceptors (Lipinski definition) is 6. The molecule has 2 amide bonds. The van der Waals surface area contributed by atoms with E-state index in [1.165, 1.54) is 11.0 Å². The highest BCUT2D eigenvalue weighted by Gasteiger charge is 2.33. The van der Waals surface area contributed by atoms with Crippen molar-refractivity contribution in [2.45, 2.75) is 23.8 Å². The number of halogens is 1. The molecular weight excluding hydrogens is 516 g/mol. The predicted octanol–water partition coefficient (Wildman–Crippen LogP) is 0.193. The van der Waals surface area contributed by atoms with E-state index in [4.69, 9.17) is 16.3 Å². The minimum atomic E-state index is -3.93. The minimum Gasteiger partial charge on any atom is -0.391 e. The fourth-order valence-corrected chi connectivity index (χ4v) is 5.05. The number of piperidine rings is 1. The van der Waals surface area contributed by atoms with E-state index in [0.29, 0.717) is 19.4 Å². The van der Waals surface area contributed by atoms with Gasteiger partial charge in [0.2, 0.25) is 27.8 Å². The summed E-state index contributed by atoms with van der Waals surface area (Å²) in [7, 11) is -3.93. The molecule has 0 saturated carbocycles. The van der Waals surface area contributed by atoms with Gasteiger partial charge < -0.3 is 26.5 Å². The summed E-state index contributed by atoms with van der Waals surface area (Å²) in [5.41, 5.74) is 10.2. The number of fused-ring (bicyclic) bond motifs is 1. The summed E-state index contributed by atoms with van der Waals surface area (Å²) in [4.78, 5) is 31.1. The molecule has 3 rings (SSSR count). The van der Waals surface area contributed by atoms with Gasteiger partial charge in [0.25, 0.3) is 0 Å². The maximum atomic E-state index is 12.9. The smallest absolute Gasteiger partial charge is 0.241 e. The van der Waals surface area contributed by atoms with E-state index in [1.54, 1.807) is 12.1 Å². The molecule has 6 N–H and O–H groups in total. The van der Waals surface area contributed by atoms with E-state index in [9.17, 15) is 18.0 Å². The van der Waals surface area contributed by atoms with Crippen LogP contribution < -0.4 is 21.5 Å². The first kappa shape index (κ1) is 24.7. The highest BCUT2D eigenvalue weighted by Crippen LogP contribution is 2.23. The van der Waals surface area contributed by atoms with Crippen molar-refractivity contribution >= 4 is 54.5 Å². The van der Waals surface area contributed by atoms with Crippen LogP contribution in [0.3, 0.4) is 0 Å². The number of nitrogens with one attached hydrogen (secondary N) is 2. The summed E-state index contributed by atoms with van der Waals surface area (Å²) in [6.45, 7) is 0.374. The van der Waals surface area contributed by atoms with Gasteiger partial charge in [0.1, 0.15) is 12.6 Å². The van der Waals surface area contributed by atoms with Crippen LogP contribution in [-0.2, 0) is 24.4 Å². The summed E-state index contributed by atoms with van der Waals surface area (Å²) >= 11 is 3.39. The number of carbonyl (C=O) groups is 2. The van der Waals surface area contributed by atoms with E-state index >= 15 is 0 Å². The molecule has 1 fully saturated rings. The SMILES string of the molecule is NC(N)=NOCCNC(=O)CN1CCC[C@H](NS(=O)(=O)c2ccc3cc(Br)ccc3c2)C1=O. The summed E-state index contributed by atoms with van der Waals surface area (Å²) in [6, 6.07) is 9.36. The monoisotopic (exact) mass is 540 g/mol. The van der Waals surface area contributed by atoms with Crippen molar-refractivity contribution in [3.63, 3.8) is 0 Å². The average Bonchev–Trinajstić information content (AvgIpc) is 2.75. The number of oxime groups is 1. The molecule has 11 nitrogen and oxygen atoms in total. The quantitative estimate of drug-likeness (QED) is 0.152. The van der Waals surface area contributed by atoms with Crippen LogP contribution in [0.15, 0.2) is 50.9 Å². The first-order valence-corrected chi connectivity index (χ1v) is 12.4. The number of likely N-dealkylation sites (tertiary alicyclic amines) is 1. The van der Waals surface area contributed by atoms with E-state index in [2.05, 4.69) is 31.1 Å². The third kappa shape index (κ3) is 6.79. The lowest BCUT2D eigenvalue weighted by Gasteiger charge is -2.32. The number of nitrogens with zero attached hydrogens (tertiary/aromatic N) is 2. The molecule has 0 unspecified atom stereocenters. The highest BCUT2D eigenvalue weighted by molar-refractivity contribution is 9.10. The van der Waals surface area contributed by atoms with Crippen molar-refractivity contribution in [1.29, 1.82) is 0 Å². The molecule has 0 aliphatic carbocycles. The molecule has 33 heavy (non-hydrogen) atoms. The molecule has 0 bridgehead atoms. The van der Waals surface area contributed by atoms with Crippen molar-refractivity contribution in [2.75, 3.05) is 26.2 Å². The van der Waals surface area contributed by atoms with E-state index in [0.717, 1.165) is 15.2 Å². The summed E-state index contributed by atoms with van der Waals surface area (Å²) in [6.07, 6.45) is 0.911. The number of guanidine groups is 1. The van der Waals surface area contributed by atoms with Crippen LogP contribution in [0.25, 0.3) is 10.8 Å². The Morgan fingerprint density at radius 2 is 1.94 bits per heavy atom. The summed E-state index contributed by atoms with van der Waals surface area (Å²) in [5.74, 6) is -1.08. The van der Waals surface area contributed by atoms with Gasteiger partial charge in [-0.1, -0.05) is 28.1 Å². The van der Waals surface area contributed by atoms with E-state index in [1.807, 2.05) is 18.2 Å². The van der Waals surface area contributed by atoms with Crippen LogP contribution in [0.2, 0.25) is 0 Å². The molecule has 0 radical (unpaired) electrons. The molecule has 1 saturated heterocycles. The Kier molecular flexibility index (Phi) is 8.10. The first-order chi connectivity index (χ1) is 15.7. The minimum absolute atomic E-state index is 0.0583.